The summed E-state index contributed by atoms with van der Waals surface area (Å²) < 4.78 is 18.5. The summed E-state index contributed by atoms with van der Waals surface area (Å²) in [6.07, 6.45) is 2.10. The average molecular weight is 410 g/mol. The summed E-state index contributed by atoms with van der Waals surface area (Å²) in [5, 5.41) is 14.2. The van der Waals surface area contributed by atoms with Crippen LogP contribution in [0.1, 0.15) is 24.0 Å². The minimum Gasteiger partial charge on any atom is -0.497 e. The number of nitrogens with zero attached hydrogens (tertiary/aromatic N) is 2. The highest BCUT2D eigenvalue weighted by Gasteiger charge is 2.23. The summed E-state index contributed by atoms with van der Waals surface area (Å²) in [4.78, 5) is 7.28. The Kier molecular flexibility index (Phi) is 6.45. The van der Waals surface area contributed by atoms with Crippen LogP contribution in [0.4, 0.5) is 10.2 Å². The standard InChI is InChI=1S/C24H28FN3O2/c1-30-22-9-6-19-11-20(14-26-13-17-4-7-21(25)8-5-17)24(27-23(19)12-22)28-10-2-3-18(15-28)16-29/h4-9,11-12,18,26,29H,2-3,10,13-16H2,1H3/t18-/m0/s1. The predicted octanol–water partition coefficient (Wildman–Crippen LogP) is 3.88. The molecular formula is C24H28FN3O2. The number of hydrogen-bond donors (Lipinski definition) is 2. The number of piperidine rings is 1. The Bertz CT molecular complexity index is 994. The number of aromatic nitrogens is 1. The van der Waals surface area contributed by atoms with Crippen LogP contribution in [0.3, 0.4) is 0 Å². The normalized spacial score (nSPS) is 16.8. The predicted molar refractivity (Wildman–Crippen MR) is 117 cm³/mol. The first-order valence-corrected chi connectivity index (χ1v) is 10.4. The van der Waals surface area contributed by atoms with Gasteiger partial charge in [-0.2, -0.15) is 0 Å². The minimum atomic E-state index is -0.223. The lowest BCUT2D eigenvalue weighted by Gasteiger charge is -2.34. The third kappa shape index (κ3) is 4.71. The molecule has 0 unspecified atom stereocenters. The van der Waals surface area contributed by atoms with Crippen LogP contribution in [-0.2, 0) is 13.1 Å². The summed E-state index contributed by atoms with van der Waals surface area (Å²) in [5.74, 6) is 1.80. The molecule has 0 amide bonds. The van der Waals surface area contributed by atoms with Crippen LogP contribution in [0.15, 0.2) is 48.5 Å². The molecule has 2 aromatic carbocycles. The largest absolute Gasteiger partial charge is 0.497 e. The molecule has 1 saturated heterocycles. The average Bonchev–Trinajstić information content (AvgIpc) is 2.79. The molecule has 1 aromatic heterocycles. The smallest absolute Gasteiger partial charge is 0.133 e. The fourth-order valence-electron chi connectivity index (χ4n) is 4.06. The first-order chi connectivity index (χ1) is 14.7. The van der Waals surface area contributed by atoms with Gasteiger partial charge in [0.05, 0.1) is 12.6 Å². The van der Waals surface area contributed by atoms with Gasteiger partial charge in [0, 0.05) is 49.8 Å². The Hall–Kier alpha value is -2.70. The molecule has 0 aliphatic carbocycles. The summed E-state index contributed by atoms with van der Waals surface area (Å²) in [7, 11) is 1.66. The van der Waals surface area contributed by atoms with Crippen molar-refractivity contribution in [3.63, 3.8) is 0 Å². The van der Waals surface area contributed by atoms with Crippen molar-refractivity contribution in [3.05, 3.63) is 65.5 Å². The molecule has 2 heterocycles. The quantitative estimate of drug-likeness (QED) is 0.620. The van der Waals surface area contributed by atoms with Crippen molar-refractivity contribution in [1.82, 2.24) is 10.3 Å². The Balaban J connectivity index is 1.60. The number of benzene rings is 2. The molecule has 6 heteroatoms. The van der Waals surface area contributed by atoms with E-state index in [-0.39, 0.29) is 18.3 Å². The van der Waals surface area contributed by atoms with E-state index in [0.717, 1.165) is 59.5 Å². The van der Waals surface area contributed by atoms with Gasteiger partial charge in [0.1, 0.15) is 17.4 Å². The Morgan fingerprint density at radius 1 is 1.17 bits per heavy atom. The van der Waals surface area contributed by atoms with E-state index < -0.39 is 0 Å². The van der Waals surface area contributed by atoms with Crippen molar-refractivity contribution in [2.75, 3.05) is 31.7 Å². The molecule has 1 fully saturated rings. The van der Waals surface area contributed by atoms with E-state index in [2.05, 4.69) is 16.3 Å². The molecule has 1 aliphatic rings. The zero-order valence-corrected chi connectivity index (χ0v) is 17.3. The second-order valence-electron chi connectivity index (χ2n) is 7.90. The first kappa shape index (κ1) is 20.6. The van der Waals surface area contributed by atoms with Gasteiger partial charge in [0.25, 0.3) is 0 Å². The number of pyridine rings is 1. The molecular weight excluding hydrogens is 381 g/mol. The molecule has 0 saturated carbocycles. The zero-order valence-electron chi connectivity index (χ0n) is 17.3. The molecule has 4 rings (SSSR count). The fourth-order valence-corrected chi connectivity index (χ4v) is 4.06. The monoisotopic (exact) mass is 409 g/mol. The molecule has 1 aliphatic heterocycles. The maximum atomic E-state index is 13.1. The number of nitrogens with one attached hydrogen (secondary N) is 1. The summed E-state index contributed by atoms with van der Waals surface area (Å²) in [5.41, 5.74) is 3.06. The highest BCUT2D eigenvalue weighted by Crippen LogP contribution is 2.29. The van der Waals surface area contributed by atoms with Gasteiger partial charge < -0.3 is 20.1 Å². The second-order valence-corrected chi connectivity index (χ2v) is 7.90. The van der Waals surface area contributed by atoms with Gasteiger partial charge in [-0.1, -0.05) is 12.1 Å². The summed E-state index contributed by atoms with van der Waals surface area (Å²) in [6.45, 7) is 3.26. The van der Waals surface area contributed by atoms with Crippen LogP contribution in [0, 0.1) is 11.7 Å². The van der Waals surface area contributed by atoms with Crippen LogP contribution >= 0.6 is 0 Å². The van der Waals surface area contributed by atoms with Gasteiger partial charge in [-0.3, -0.25) is 0 Å². The van der Waals surface area contributed by atoms with Gasteiger partial charge >= 0.3 is 0 Å². The van der Waals surface area contributed by atoms with Crippen LogP contribution in [0.25, 0.3) is 10.9 Å². The van der Waals surface area contributed by atoms with Gasteiger partial charge in [0.15, 0.2) is 0 Å². The molecule has 3 aromatic rings. The lowest BCUT2D eigenvalue weighted by Crippen LogP contribution is -2.38. The van der Waals surface area contributed by atoms with Gasteiger partial charge in [-0.25, -0.2) is 9.37 Å². The zero-order chi connectivity index (χ0) is 20.9. The molecule has 158 valence electrons. The van der Waals surface area contributed by atoms with Gasteiger partial charge in [-0.05, 0) is 54.7 Å². The van der Waals surface area contributed by atoms with E-state index in [4.69, 9.17) is 9.72 Å². The van der Waals surface area contributed by atoms with Crippen molar-refractivity contribution < 1.29 is 14.2 Å². The molecule has 0 spiro atoms. The highest BCUT2D eigenvalue weighted by atomic mass is 19.1. The minimum absolute atomic E-state index is 0.204. The molecule has 2 N–H and O–H groups in total. The molecule has 1 atom stereocenters. The summed E-state index contributed by atoms with van der Waals surface area (Å²) in [6, 6.07) is 14.7. The number of halogens is 1. The van der Waals surface area contributed by atoms with Crippen molar-refractivity contribution in [3.8, 4) is 5.75 Å². The topological polar surface area (TPSA) is 57.6 Å². The van der Waals surface area contributed by atoms with E-state index in [0.29, 0.717) is 13.1 Å². The van der Waals surface area contributed by atoms with Crippen LogP contribution in [0.5, 0.6) is 5.75 Å². The van der Waals surface area contributed by atoms with E-state index in [1.54, 1.807) is 19.2 Å². The van der Waals surface area contributed by atoms with Crippen molar-refractivity contribution in [1.29, 1.82) is 0 Å². The van der Waals surface area contributed by atoms with Crippen molar-refractivity contribution in [2.24, 2.45) is 5.92 Å². The Morgan fingerprint density at radius 2 is 2.00 bits per heavy atom. The lowest BCUT2D eigenvalue weighted by molar-refractivity contribution is 0.208. The van der Waals surface area contributed by atoms with E-state index in [9.17, 15) is 9.50 Å². The number of fused-ring (bicyclic) bond motifs is 1. The molecule has 5 nitrogen and oxygen atoms in total. The number of methoxy groups -OCH3 is 1. The number of aliphatic hydroxyl groups excluding tert-OH is 1. The third-order valence-electron chi connectivity index (χ3n) is 5.72. The first-order valence-electron chi connectivity index (χ1n) is 10.4. The SMILES string of the molecule is COc1ccc2cc(CNCc3ccc(F)cc3)c(N3CCC[C@H](CO)C3)nc2c1. The summed E-state index contributed by atoms with van der Waals surface area (Å²) >= 11 is 0. The van der Waals surface area contributed by atoms with Crippen LogP contribution in [-0.4, -0.2) is 36.9 Å². The molecule has 0 radical (unpaired) electrons. The Labute approximate surface area is 176 Å². The van der Waals surface area contributed by atoms with E-state index in [1.165, 1.54) is 12.1 Å². The Morgan fingerprint density at radius 3 is 2.77 bits per heavy atom. The van der Waals surface area contributed by atoms with Crippen molar-refractivity contribution >= 4 is 16.7 Å². The van der Waals surface area contributed by atoms with Gasteiger partial charge in [0.2, 0.25) is 0 Å². The molecule has 0 bridgehead atoms. The molecule has 30 heavy (non-hydrogen) atoms. The highest BCUT2D eigenvalue weighted by molar-refractivity contribution is 5.83. The number of rotatable bonds is 7. The van der Waals surface area contributed by atoms with E-state index in [1.807, 2.05) is 18.2 Å². The maximum absolute atomic E-state index is 13.1. The van der Waals surface area contributed by atoms with Crippen LogP contribution in [0.2, 0.25) is 0 Å². The van der Waals surface area contributed by atoms with E-state index >= 15 is 0 Å². The number of ether oxygens (including phenoxy) is 1. The number of aliphatic hydroxyl groups is 1. The van der Waals surface area contributed by atoms with Crippen molar-refractivity contribution in [2.45, 2.75) is 25.9 Å². The maximum Gasteiger partial charge on any atom is 0.133 e. The van der Waals surface area contributed by atoms with Gasteiger partial charge in [-0.15, -0.1) is 0 Å². The number of anilines is 1. The third-order valence-corrected chi connectivity index (χ3v) is 5.72. The van der Waals surface area contributed by atoms with Crippen LogP contribution < -0.4 is 15.0 Å². The second kappa shape index (κ2) is 9.41. The fraction of sp³-hybridized carbons (Fsp3) is 0.375. The number of hydrogen-bond acceptors (Lipinski definition) is 5. The lowest BCUT2D eigenvalue weighted by atomic mass is 9.98.